The highest BCUT2D eigenvalue weighted by molar-refractivity contribution is 6.31. The minimum absolute atomic E-state index is 0.189. The van der Waals surface area contributed by atoms with E-state index in [2.05, 4.69) is 4.98 Å². The molecule has 1 aromatic carbocycles. The zero-order valence-electron chi connectivity index (χ0n) is 16.5. The number of hydrogen-bond donors (Lipinski definition) is 0. The number of pyridine rings is 1. The smallest absolute Gasteiger partial charge is 0.338 e. The molecule has 7 heteroatoms. The molecule has 0 atom stereocenters. The first kappa shape index (κ1) is 20.1. The predicted octanol–water partition coefficient (Wildman–Crippen LogP) is 4.70. The van der Waals surface area contributed by atoms with Gasteiger partial charge in [-0.3, -0.25) is 9.80 Å². The van der Waals surface area contributed by atoms with E-state index < -0.39 is 11.6 Å². The van der Waals surface area contributed by atoms with Crippen LogP contribution in [-0.4, -0.2) is 35.7 Å². The second kappa shape index (κ2) is 7.80. The minimum atomic E-state index is -0.581. The first-order valence-corrected chi connectivity index (χ1v) is 9.65. The fraction of sp³-hybridized carbons (Fsp3) is 0.381. The van der Waals surface area contributed by atoms with Gasteiger partial charge in [0.2, 0.25) is 0 Å². The van der Waals surface area contributed by atoms with Crippen molar-refractivity contribution in [3.8, 4) is 0 Å². The van der Waals surface area contributed by atoms with Gasteiger partial charge in [0.05, 0.1) is 5.56 Å². The van der Waals surface area contributed by atoms with E-state index >= 15 is 0 Å². The van der Waals surface area contributed by atoms with E-state index in [-0.39, 0.29) is 6.03 Å². The molecule has 2 aromatic rings. The van der Waals surface area contributed by atoms with Gasteiger partial charge in [-0.15, -0.1) is 0 Å². The molecule has 3 rings (SSSR count). The van der Waals surface area contributed by atoms with Crippen molar-refractivity contribution in [2.75, 3.05) is 22.9 Å². The van der Waals surface area contributed by atoms with Gasteiger partial charge in [-0.05, 0) is 51.5 Å². The summed E-state index contributed by atoms with van der Waals surface area (Å²) in [7, 11) is 0. The molecule has 2 amide bonds. The number of amides is 2. The van der Waals surface area contributed by atoms with Gasteiger partial charge >= 0.3 is 12.0 Å². The highest BCUT2D eigenvalue weighted by Gasteiger charge is 2.33. The van der Waals surface area contributed by atoms with Crippen molar-refractivity contribution in [1.29, 1.82) is 0 Å². The Kier molecular flexibility index (Phi) is 5.61. The van der Waals surface area contributed by atoms with Crippen LogP contribution in [-0.2, 0) is 11.2 Å². The Hall–Kier alpha value is -2.60. The SMILES string of the molecule is CCc1c(Cl)ccnc1N1CCN(c2cccc(C(=O)OC(C)(C)C)c2)C1=O. The molecule has 148 valence electrons. The van der Waals surface area contributed by atoms with E-state index in [1.54, 1.807) is 46.3 Å². The highest BCUT2D eigenvalue weighted by atomic mass is 35.5. The van der Waals surface area contributed by atoms with E-state index in [1.165, 1.54) is 0 Å². The minimum Gasteiger partial charge on any atom is -0.456 e. The van der Waals surface area contributed by atoms with Crippen molar-refractivity contribution in [2.45, 2.75) is 39.7 Å². The number of carbonyl (C=O) groups is 2. The van der Waals surface area contributed by atoms with Crippen molar-refractivity contribution in [3.63, 3.8) is 0 Å². The number of ether oxygens (including phenoxy) is 1. The van der Waals surface area contributed by atoms with Gasteiger partial charge in [0.25, 0.3) is 0 Å². The number of carbonyl (C=O) groups excluding carboxylic acids is 2. The Morgan fingerprint density at radius 1 is 1.21 bits per heavy atom. The molecule has 1 fully saturated rings. The summed E-state index contributed by atoms with van der Waals surface area (Å²) in [4.78, 5) is 33.0. The molecule has 1 aliphatic heterocycles. The first-order chi connectivity index (χ1) is 13.2. The molecule has 0 spiro atoms. The molecule has 0 bridgehead atoms. The topological polar surface area (TPSA) is 62.7 Å². The van der Waals surface area contributed by atoms with E-state index in [4.69, 9.17) is 16.3 Å². The molecule has 2 heterocycles. The Bertz CT molecular complexity index is 908. The van der Waals surface area contributed by atoms with Crippen LogP contribution >= 0.6 is 11.6 Å². The van der Waals surface area contributed by atoms with Gasteiger partial charge in [0, 0.05) is 35.6 Å². The zero-order valence-corrected chi connectivity index (χ0v) is 17.3. The third-order valence-electron chi connectivity index (χ3n) is 4.39. The molecular weight excluding hydrogens is 378 g/mol. The molecule has 1 aliphatic rings. The van der Waals surface area contributed by atoms with Crippen LogP contribution in [0.5, 0.6) is 0 Å². The Balaban J connectivity index is 1.85. The van der Waals surface area contributed by atoms with Crippen molar-refractivity contribution in [3.05, 3.63) is 52.7 Å². The summed E-state index contributed by atoms with van der Waals surface area (Å²) in [6.07, 6.45) is 2.29. The number of nitrogens with zero attached hydrogens (tertiary/aromatic N) is 3. The summed E-state index contributed by atoms with van der Waals surface area (Å²) in [6, 6.07) is 8.46. The maximum Gasteiger partial charge on any atom is 0.338 e. The second-order valence-corrected chi connectivity index (χ2v) is 7.99. The number of urea groups is 1. The number of aromatic nitrogens is 1. The largest absolute Gasteiger partial charge is 0.456 e. The summed E-state index contributed by atoms with van der Waals surface area (Å²) in [5, 5.41) is 0.602. The maximum absolute atomic E-state index is 13.0. The highest BCUT2D eigenvalue weighted by Crippen LogP contribution is 2.30. The number of halogens is 1. The van der Waals surface area contributed by atoms with E-state index in [0.29, 0.717) is 41.6 Å². The molecule has 1 aromatic heterocycles. The van der Waals surface area contributed by atoms with Crippen molar-refractivity contribution >= 4 is 35.1 Å². The quantitative estimate of drug-likeness (QED) is 0.696. The molecular formula is C21H24ClN3O3. The van der Waals surface area contributed by atoms with Crippen LogP contribution in [0.1, 0.15) is 43.6 Å². The normalized spacial score (nSPS) is 14.5. The standard InChI is InChI=1S/C21H24ClN3O3/c1-5-16-17(22)9-10-23-18(16)25-12-11-24(20(25)27)15-8-6-7-14(13-15)19(26)28-21(2,3)4/h6-10,13H,5,11-12H2,1-4H3. The fourth-order valence-electron chi connectivity index (χ4n) is 3.13. The number of esters is 1. The van der Waals surface area contributed by atoms with Gasteiger partial charge in [-0.2, -0.15) is 0 Å². The first-order valence-electron chi connectivity index (χ1n) is 9.27. The molecule has 0 unspecified atom stereocenters. The van der Waals surface area contributed by atoms with Crippen LogP contribution in [0.3, 0.4) is 0 Å². The molecule has 1 saturated heterocycles. The number of benzene rings is 1. The van der Waals surface area contributed by atoms with Gasteiger partial charge < -0.3 is 4.74 Å². The second-order valence-electron chi connectivity index (χ2n) is 7.59. The lowest BCUT2D eigenvalue weighted by atomic mass is 10.1. The summed E-state index contributed by atoms with van der Waals surface area (Å²) < 4.78 is 5.42. The predicted molar refractivity (Wildman–Crippen MR) is 110 cm³/mol. The van der Waals surface area contributed by atoms with Crippen LogP contribution in [0.2, 0.25) is 5.02 Å². The van der Waals surface area contributed by atoms with Crippen molar-refractivity contribution in [2.24, 2.45) is 0 Å². The van der Waals surface area contributed by atoms with Gasteiger partial charge in [0.15, 0.2) is 0 Å². The van der Waals surface area contributed by atoms with Crippen LogP contribution in [0.25, 0.3) is 0 Å². The lowest BCUT2D eigenvalue weighted by molar-refractivity contribution is 0.00695. The average Bonchev–Trinajstić information content (AvgIpc) is 3.01. The van der Waals surface area contributed by atoms with Gasteiger partial charge in [0.1, 0.15) is 11.4 Å². The van der Waals surface area contributed by atoms with Crippen molar-refractivity contribution in [1.82, 2.24) is 4.98 Å². The van der Waals surface area contributed by atoms with Crippen molar-refractivity contribution < 1.29 is 14.3 Å². The monoisotopic (exact) mass is 401 g/mol. The van der Waals surface area contributed by atoms with E-state index in [1.807, 2.05) is 27.7 Å². The summed E-state index contributed by atoms with van der Waals surface area (Å²) >= 11 is 6.27. The Morgan fingerprint density at radius 2 is 1.93 bits per heavy atom. The third-order valence-corrected chi connectivity index (χ3v) is 4.74. The zero-order chi connectivity index (χ0) is 20.5. The Labute approximate surface area is 170 Å². The van der Waals surface area contributed by atoms with Crippen LogP contribution in [0, 0.1) is 0 Å². The van der Waals surface area contributed by atoms with E-state index in [0.717, 1.165) is 5.56 Å². The summed E-state index contributed by atoms with van der Waals surface area (Å²) in [5.41, 5.74) is 1.33. The number of rotatable bonds is 4. The van der Waals surface area contributed by atoms with Gasteiger partial charge in [-0.1, -0.05) is 24.6 Å². The summed E-state index contributed by atoms with van der Waals surface area (Å²) in [5.74, 6) is 0.174. The van der Waals surface area contributed by atoms with Crippen LogP contribution in [0.4, 0.5) is 16.3 Å². The van der Waals surface area contributed by atoms with E-state index in [9.17, 15) is 9.59 Å². The Morgan fingerprint density at radius 3 is 2.61 bits per heavy atom. The number of hydrogen-bond acceptors (Lipinski definition) is 4. The molecule has 0 N–H and O–H groups in total. The molecule has 0 aliphatic carbocycles. The van der Waals surface area contributed by atoms with Crippen LogP contribution in [0.15, 0.2) is 36.5 Å². The molecule has 0 radical (unpaired) electrons. The number of anilines is 2. The average molecular weight is 402 g/mol. The summed E-state index contributed by atoms with van der Waals surface area (Å²) in [6.45, 7) is 8.43. The van der Waals surface area contributed by atoms with Crippen LogP contribution < -0.4 is 9.80 Å². The lowest BCUT2D eigenvalue weighted by Crippen LogP contribution is -2.33. The van der Waals surface area contributed by atoms with Gasteiger partial charge in [-0.25, -0.2) is 14.6 Å². The fourth-order valence-corrected chi connectivity index (χ4v) is 3.40. The molecule has 0 saturated carbocycles. The maximum atomic E-state index is 13.0. The molecule has 6 nitrogen and oxygen atoms in total. The molecule has 28 heavy (non-hydrogen) atoms. The third kappa shape index (κ3) is 4.12. The lowest BCUT2D eigenvalue weighted by Gasteiger charge is -2.22.